The van der Waals surface area contributed by atoms with Gasteiger partial charge in [0.15, 0.2) is 0 Å². The Hall–Kier alpha value is -3.14. The quantitative estimate of drug-likeness (QED) is 0.389. The molecular formula is C27H31ClF3N3O4. The highest BCUT2D eigenvalue weighted by atomic mass is 35.5. The maximum absolute atomic E-state index is 13.7. The number of fused-ring (bicyclic) bond motifs is 1. The van der Waals surface area contributed by atoms with Gasteiger partial charge < -0.3 is 14.8 Å². The lowest BCUT2D eigenvalue weighted by atomic mass is 9.91. The van der Waals surface area contributed by atoms with E-state index in [1.54, 1.807) is 43.5 Å². The van der Waals surface area contributed by atoms with Gasteiger partial charge in [0.2, 0.25) is 0 Å². The number of amides is 1. The fourth-order valence-corrected chi connectivity index (χ4v) is 5.19. The highest BCUT2D eigenvalue weighted by Gasteiger charge is 2.33. The Bertz CT molecular complexity index is 1380. The summed E-state index contributed by atoms with van der Waals surface area (Å²) in [5.41, 5.74) is -0.542. The molecule has 0 aliphatic heterocycles. The molecule has 4 rings (SSSR count). The molecule has 1 aliphatic rings. The second-order valence-electron chi connectivity index (χ2n) is 10.6. The number of ether oxygens (including phenoxy) is 2. The molecule has 3 aromatic rings. The summed E-state index contributed by atoms with van der Waals surface area (Å²) in [6.45, 7) is 5.41. The molecule has 0 spiro atoms. The standard InChI is InChI=1S/C27H31ClF3N3O4/c1-26(2,3)38-24(35)32-18-7-9-19(10-8-18)34-21-11-6-17(27(29,30)31)14-22(21)33(25(34)36)15-16-5-12-23(37-4)20(28)13-16/h5-6,11-14,18-19H,7-10,15H2,1-4H3,(H,32,35). The fraction of sp³-hybridized carbons (Fsp3) is 0.481. The first-order valence-electron chi connectivity index (χ1n) is 12.4. The Balaban J connectivity index is 1.65. The number of rotatable bonds is 5. The molecule has 2 aromatic carbocycles. The van der Waals surface area contributed by atoms with Gasteiger partial charge in [-0.2, -0.15) is 13.2 Å². The Morgan fingerprint density at radius 2 is 1.74 bits per heavy atom. The molecular weight excluding hydrogens is 523 g/mol. The summed E-state index contributed by atoms with van der Waals surface area (Å²) >= 11 is 6.25. The van der Waals surface area contributed by atoms with Gasteiger partial charge in [0.1, 0.15) is 11.4 Å². The lowest BCUT2D eigenvalue weighted by molar-refractivity contribution is -0.137. The lowest BCUT2D eigenvalue weighted by Gasteiger charge is -2.30. The SMILES string of the molecule is COc1ccc(Cn2c(=O)n(C3CCC(NC(=O)OC(C)(C)C)CC3)c3ccc(C(F)(F)F)cc32)cc1Cl. The van der Waals surface area contributed by atoms with Crippen LogP contribution in [0.4, 0.5) is 18.0 Å². The maximum atomic E-state index is 13.7. The van der Waals surface area contributed by atoms with Crippen molar-refractivity contribution in [1.82, 2.24) is 14.5 Å². The molecule has 1 aromatic heterocycles. The van der Waals surface area contributed by atoms with Crippen molar-refractivity contribution in [3.8, 4) is 5.75 Å². The summed E-state index contributed by atoms with van der Waals surface area (Å²) in [5, 5.41) is 3.22. The van der Waals surface area contributed by atoms with Crippen LogP contribution in [0.25, 0.3) is 11.0 Å². The Morgan fingerprint density at radius 3 is 2.32 bits per heavy atom. The minimum atomic E-state index is -4.55. The van der Waals surface area contributed by atoms with Crippen LogP contribution in [-0.4, -0.2) is 34.0 Å². The monoisotopic (exact) mass is 553 g/mol. The van der Waals surface area contributed by atoms with E-state index in [1.165, 1.54) is 17.7 Å². The molecule has 38 heavy (non-hydrogen) atoms. The third-order valence-electron chi connectivity index (χ3n) is 6.63. The van der Waals surface area contributed by atoms with Crippen LogP contribution < -0.4 is 15.7 Å². The number of hydrogen-bond acceptors (Lipinski definition) is 4. The molecule has 1 saturated carbocycles. The summed E-state index contributed by atoms with van der Waals surface area (Å²) in [6.07, 6.45) is -2.67. The number of nitrogens with one attached hydrogen (secondary N) is 1. The van der Waals surface area contributed by atoms with Crippen molar-refractivity contribution < 1.29 is 27.4 Å². The smallest absolute Gasteiger partial charge is 0.416 e. The van der Waals surface area contributed by atoms with Crippen molar-refractivity contribution in [2.45, 2.75) is 76.9 Å². The highest BCUT2D eigenvalue weighted by molar-refractivity contribution is 6.32. The molecule has 1 heterocycles. The molecule has 1 fully saturated rings. The van der Waals surface area contributed by atoms with Crippen molar-refractivity contribution >= 4 is 28.7 Å². The second kappa shape index (κ2) is 10.6. The first-order valence-corrected chi connectivity index (χ1v) is 12.8. The topological polar surface area (TPSA) is 74.5 Å². The molecule has 206 valence electrons. The number of alkyl carbamates (subject to hydrolysis) is 1. The van der Waals surface area contributed by atoms with Gasteiger partial charge in [-0.15, -0.1) is 0 Å². The summed E-state index contributed by atoms with van der Waals surface area (Å²) in [7, 11) is 1.48. The molecule has 1 amide bonds. The van der Waals surface area contributed by atoms with Crippen LogP contribution in [0.5, 0.6) is 5.75 Å². The predicted molar refractivity (Wildman–Crippen MR) is 139 cm³/mol. The molecule has 0 unspecified atom stereocenters. The van der Waals surface area contributed by atoms with Gasteiger partial charge >= 0.3 is 18.0 Å². The fourth-order valence-electron chi connectivity index (χ4n) is 4.90. The largest absolute Gasteiger partial charge is 0.495 e. The maximum Gasteiger partial charge on any atom is 0.416 e. The molecule has 7 nitrogen and oxygen atoms in total. The number of aromatic nitrogens is 2. The van der Waals surface area contributed by atoms with Crippen LogP contribution in [0.3, 0.4) is 0 Å². The van der Waals surface area contributed by atoms with E-state index in [-0.39, 0.29) is 24.1 Å². The number of imidazole rings is 1. The van der Waals surface area contributed by atoms with Gasteiger partial charge in [-0.1, -0.05) is 17.7 Å². The number of nitrogens with zero attached hydrogens (tertiary/aromatic N) is 2. The summed E-state index contributed by atoms with van der Waals surface area (Å²) < 4.78 is 54.1. The van der Waals surface area contributed by atoms with Gasteiger partial charge in [-0.25, -0.2) is 9.59 Å². The van der Waals surface area contributed by atoms with Crippen molar-refractivity contribution in [3.05, 3.63) is 63.0 Å². The van der Waals surface area contributed by atoms with Crippen LogP contribution in [0.2, 0.25) is 5.02 Å². The molecule has 1 aliphatic carbocycles. The predicted octanol–water partition coefficient (Wildman–Crippen LogP) is 6.54. The Morgan fingerprint density at radius 1 is 1.05 bits per heavy atom. The molecule has 0 bridgehead atoms. The van der Waals surface area contributed by atoms with Gasteiger partial charge in [-0.3, -0.25) is 9.13 Å². The molecule has 1 N–H and O–H groups in total. The molecule has 0 atom stereocenters. The number of methoxy groups -OCH3 is 1. The van der Waals surface area contributed by atoms with E-state index in [9.17, 15) is 22.8 Å². The Labute approximate surface area is 223 Å². The van der Waals surface area contributed by atoms with Gasteiger partial charge in [0, 0.05) is 12.1 Å². The van der Waals surface area contributed by atoms with Gasteiger partial charge in [0.05, 0.1) is 35.3 Å². The number of hydrogen-bond donors (Lipinski definition) is 1. The van der Waals surface area contributed by atoms with Crippen molar-refractivity contribution in [3.63, 3.8) is 0 Å². The van der Waals surface area contributed by atoms with E-state index < -0.39 is 29.1 Å². The number of carbonyl (C=O) groups excluding carboxylic acids is 1. The zero-order chi connectivity index (χ0) is 27.8. The van der Waals surface area contributed by atoms with E-state index in [2.05, 4.69) is 5.32 Å². The zero-order valence-corrected chi connectivity index (χ0v) is 22.4. The second-order valence-corrected chi connectivity index (χ2v) is 11.0. The van der Waals surface area contributed by atoms with Crippen LogP contribution in [-0.2, 0) is 17.5 Å². The van der Waals surface area contributed by atoms with Crippen LogP contribution in [0, 0.1) is 0 Å². The van der Waals surface area contributed by atoms with Crippen molar-refractivity contribution in [2.24, 2.45) is 0 Å². The number of halogens is 4. The normalized spacial score (nSPS) is 18.4. The first-order chi connectivity index (χ1) is 17.8. The third-order valence-corrected chi connectivity index (χ3v) is 6.93. The third kappa shape index (κ3) is 6.11. The number of alkyl halides is 3. The van der Waals surface area contributed by atoms with E-state index in [0.717, 1.165) is 12.1 Å². The summed E-state index contributed by atoms with van der Waals surface area (Å²) in [4.78, 5) is 25.8. The summed E-state index contributed by atoms with van der Waals surface area (Å²) in [5.74, 6) is 0.460. The van der Waals surface area contributed by atoms with E-state index >= 15 is 0 Å². The highest BCUT2D eigenvalue weighted by Crippen LogP contribution is 2.35. The van der Waals surface area contributed by atoms with Crippen molar-refractivity contribution in [1.29, 1.82) is 0 Å². The minimum Gasteiger partial charge on any atom is -0.495 e. The molecule has 11 heteroatoms. The average molecular weight is 554 g/mol. The van der Waals surface area contributed by atoms with Gasteiger partial charge in [-0.05, 0) is 82.3 Å². The van der Waals surface area contributed by atoms with Crippen molar-refractivity contribution in [2.75, 3.05) is 7.11 Å². The van der Waals surface area contributed by atoms with Crippen LogP contribution in [0.15, 0.2) is 41.2 Å². The summed E-state index contributed by atoms with van der Waals surface area (Å²) in [6, 6.07) is 8.07. The van der Waals surface area contributed by atoms with E-state index in [1.807, 2.05) is 0 Å². The average Bonchev–Trinajstić information content (AvgIpc) is 3.08. The number of carbonyl (C=O) groups is 1. The minimum absolute atomic E-state index is 0.0445. The Kier molecular flexibility index (Phi) is 7.74. The van der Waals surface area contributed by atoms with E-state index in [4.69, 9.17) is 21.1 Å². The molecule has 0 saturated heterocycles. The van der Waals surface area contributed by atoms with Gasteiger partial charge in [0.25, 0.3) is 0 Å². The van der Waals surface area contributed by atoms with E-state index in [0.29, 0.717) is 47.5 Å². The number of benzene rings is 2. The molecule has 0 radical (unpaired) electrons. The zero-order valence-electron chi connectivity index (χ0n) is 21.7. The van der Waals surface area contributed by atoms with Crippen LogP contribution >= 0.6 is 11.6 Å². The first kappa shape index (κ1) is 27.9. The van der Waals surface area contributed by atoms with Crippen LogP contribution in [0.1, 0.15) is 63.6 Å². The lowest BCUT2D eigenvalue weighted by Crippen LogP contribution is -2.41.